The summed E-state index contributed by atoms with van der Waals surface area (Å²) in [7, 11) is 0. The first-order valence-corrected chi connectivity index (χ1v) is 4.14. The minimum absolute atomic E-state index is 0.131. The lowest BCUT2D eigenvalue weighted by Crippen LogP contribution is -2.22. The van der Waals surface area contributed by atoms with Crippen LogP contribution in [0, 0.1) is 5.41 Å². The molecule has 1 aliphatic rings. The first-order valence-electron chi connectivity index (χ1n) is 4.14. The Labute approximate surface area is 72.9 Å². The van der Waals surface area contributed by atoms with Gasteiger partial charge in [0.25, 0.3) is 0 Å². The highest BCUT2D eigenvalue weighted by Gasteiger charge is 2.26. The van der Waals surface area contributed by atoms with Crippen LogP contribution in [0.3, 0.4) is 0 Å². The Hall–Kier alpha value is -1.05. The zero-order valence-electron chi connectivity index (χ0n) is 7.76. The fourth-order valence-electron chi connectivity index (χ4n) is 1.10. The van der Waals surface area contributed by atoms with Crippen LogP contribution < -0.4 is 0 Å². The van der Waals surface area contributed by atoms with Crippen LogP contribution in [-0.2, 0) is 9.53 Å². The Balaban J connectivity index is 2.81. The summed E-state index contributed by atoms with van der Waals surface area (Å²) in [6.07, 6.45) is 5.15. The van der Waals surface area contributed by atoms with E-state index in [1.54, 1.807) is 12.2 Å². The summed E-state index contributed by atoms with van der Waals surface area (Å²) in [6.45, 7) is 6.34. The van der Waals surface area contributed by atoms with Gasteiger partial charge in [0.05, 0.1) is 6.61 Å². The average molecular weight is 166 g/mol. The summed E-state index contributed by atoms with van der Waals surface area (Å²) >= 11 is 0. The lowest BCUT2D eigenvalue weighted by atomic mass is 9.84. The molecule has 0 spiro atoms. The van der Waals surface area contributed by atoms with Crippen molar-refractivity contribution in [2.24, 2.45) is 5.41 Å². The molecule has 0 radical (unpaired) electrons. The Morgan fingerprint density at radius 1 is 1.42 bits per heavy atom. The van der Waals surface area contributed by atoms with Gasteiger partial charge in [-0.05, 0) is 39.0 Å². The third-order valence-corrected chi connectivity index (χ3v) is 1.85. The van der Waals surface area contributed by atoms with Crippen LogP contribution in [0.25, 0.3) is 0 Å². The number of hydrogen-bond acceptors (Lipinski definition) is 2. The number of rotatable bonds is 2. The third-order valence-electron chi connectivity index (χ3n) is 1.85. The molecule has 66 valence electrons. The summed E-state index contributed by atoms with van der Waals surface area (Å²) in [5.41, 5.74) is -0.404. The first-order chi connectivity index (χ1) is 5.56. The molecule has 0 aromatic heterocycles. The monoisotopic (exact) mass is 166 g/mol. The lowest BCUT2D eigenvalue weighted by Gasteiger charge is -2.21. The molecule has 0 unspecified atom stereocenters. The maximum atomic E-state index is 11.3. The minimum Gasteiger partial charge on any atom is -0.494 e. The zero-order chi connectivity index (χ0) is 9.19. The van der Waals surface area contributed by atoms with Crippen molar-refractivity contribution in [1.29, 1.82) is 0 Å². The minimum atomic E-state index is -0.404. The summed E-state index contributed by atoms with van der Waals surface area (Å²) < 4.78 is 5.29. The predicted molar refractivity (Wildman–Crippen MR) is 47.6 cm³/mol. The maximum Gasteiger partial charge on any atom is 0.165 e. The van der Waals surface area contributed by atoms with E-state index in [1.165, 1.54) is 0 Å². The summed E-state index contributed by atoms with van der Waals surface area (Å²) in [4.78, 5) is 11.3. The predicted octanol–water partition coefficient (Wildman–Crippen LogP) is 2.07. The van der Waals surface area contributed by atoms with E-state index in [0.717, 1.165) is 5.76 Å². The van der Waals surface area contributed by atoms with Crippen LogP contribution in [0.4, 0.5) is 0 Å². The number of ketones is 1. The molecule has 2 nitrogen and oxygen atoms in total. The number of carbonyl (C=O) groups excluding carboxylic acids is 1. The highest BCUT2D eigenvalue weighted by atomic mass is 16.5. The summed E-state index contributed by atoms with van der Waals surface area (Å²) in [5, 5.41) is 0. The normalized spacial score (nSPS) is 20.6. The summed E-state index contributed by atoms with van der Waals surface area (Å²) in [5.74, 6) is 0.924. The number of carbonyl (C=O) groups is 1. The third kappa shape index (κ3) is 1.76. The van der Waals surface area contributed by atoms with Gasteiger partial charge in [0.15, 0.2) is 5.78 Å². The van der Waals surface area contributed by atoms with E-state index < -0.39 is 5.41 Å². The Morgan fingerprint density at radius 3 is 2.58 bits per heavy atom. The maximum absolute atomic E-state index is 11.3. The Bertz CT molecular complexity index is 247. The molecule has 1 aliphatic carbocycles. The second-order valence-corrected chi connectivity index (χ2v) is 3.40. The molecule has 0 aromatic carbocycles. The fraction of sp³-hybridized carbons (Fsp3) is 0.500. The van der Waals surface area contributed by atoms with Crippen LogP contribution in [0.5, 0.6) is 0 Å². The van der Waals surface area contributed by atoms with Crippen molar-refractivity contribution in [2.75, 3.05) is 6.61 Å². The number of hydrogen-bond donors (Lipinski definition) is 0. The molecule has 0 saturated heterocycles. The van der Waals surface area contributed by atoms with Gasteiger partial charge in [-0.1, -0.05) is 0 Å². The molecule has 0 aliphatic heterocycles. The molecule has 0 bridgehead atoms. The van der Waals surface area contributed by atoms with Crippen molar-refractivity contribution in [3.8, 4) is 0 Å². The van der Waals surface area contributed by atoms with Gasteiger partial charge < -0.3 is 4.74 Å². The molecule has 0 aromatic rings. The number of ether oxygens (including phenoxy) is 1. The number of allylic oxidation sites excluding steroid dienone is 3. The molecule has 12 heavy (non-hydrogen) atoms. The first kappa shape index (κ1) is 9.04. The molecule has 2 heteroatoms. The highest BCUT2D eigenvalue weighted by molar-refractivity contribution is 5.97. The van der Waals surface area contributed by atoms with E-state index in [1.807, 2.05) is 26.8 Å². The molecule has 0 amide bonds. The second kappa shape index (κ2) is 3.13. The van der Waals surface area contributed by atoms with Crippen molar-refractivity contribution in [3.63, 3.8) is 0 Å². The van der Waals surface area contributed by atoms with E-state index in [0.29, 0.717) is 6.61 Å². The standard InChI is InChI=1S/C10H14O2/c1-4-12-8-5-6-9(11)10(2,3)7-8/h5-7H,4H2,1-3H3. The van der Waals surface area contributed by atoms with Gasteiger partial charge in [-0.2, -0.15) is 0 Å². The molecular weight excluding hydrogens is 152 g/mol. The van der Waals surface area contributed by atoms with Gasteiger partial charge in [0.2, 0.25) is 0 Å². The Morgan fingerprint density at radius 2 is 2.08 bits per heavy atom. The van der Waals surface area contributed by atoms with Crippen molar-refractivity contribution in [1.82, 2.24) is 0 Å². The van der Waals surface area contributed by atoms with Crippen LogP contribution in [-0.4, -0.2) is 12.4 Å². The molecule has 0 fully saturated rings. The van der Waals surface area contributed by atoms with E-state index >= 15 is 0 Å². The molecular formula is C10H14O2. The van der Waals surface area contributed by atoms with Gasteiger partial charge in [-0.25, -0.2) is 0 Å². The van der Waals surface area contributed by atoms with E-state index in [4.69, 9.17) is 4.74 Å². The van der Waals surface area contributed by atoms with Gasteiger partial charge in [-0.15, -0.1) is 0 Å². The average Bonchev–Trinajstić information content (AvgIpc) is 1.97. The largest absolute Gasteiger partial charge is 0.494 e. The molecule has 0 atom stereocenters. The van der Waals surface area contributed by atoms with Crippen molar-refractivity contribution < 1.29 is 9.53 Å². The van der Waals surface area contributed by atoms with Crippen LogP contribution >= 0.6 is 0 Å². The van der Waals surface area contributed by atoms with Crippen LogP contribution in [0.15, 0.2) is 24.0 Å². The van der Waals surface area contributed by atoms with Gasteiger partial charge in [-0.3, -0.25) is 4.79 Å². The molecule has 0 saturated carbocycles. The van der Waals surface area contributed by atoms with E-state index in [2.05, 4.69) is 0 Å². The molecule has 1 rings (SSSR count). The smallest absolute Gasteiger partial charge is 0.165 e. The van der Waals surface area contributed by atoms with Crippen molar-refractivity contribution in [2.45, 2.75) is 20.8 Å². The molecule has 0 heterocycles. The zero-order valence-corrected chi connectivity index (χ0v) is 7.76. The Kier molecular flexibility index (Phi) is 2.36. The second-order valence-electron chi connectivity index (χ2n) is 3.40. The quantitative estimate of drug-likeness (QED) is 0.627. The van der Waals surface area contributed by atoms with Gasteiger partial charge in [0, 0.05) is 5.41 Å². The van der Waals surface area contributed by atoms with E-state index in [9.17, 15) is 4.79 Å². The topological polar surface area (TPSA) is 26.3 Å². The van der Waals surface area contributed by atoms with E-state index in [-0.39, 0.29) is 5.78 Å². The van der Waals surface area contributed by atoms with Gasteiger partial charge in [0.1, 0.15) is 5.76 Å². The summed E-state index contributed by atoms with van der Waals surface area (Å²) in [6, 6.07) is 0. The SMILES string of the molecule is CCOC1=CC(C)(C)C(=O)C=C1. The fourth-order valence-corrected chi connectivity index (χ4v) is 1.10. The van der Waals surface area contributed by atoms with Crippen LogP contribution in [0.2, 0.25) is 0 Å². The van der Waals surface area contributed by atoms with Crippen LogP contribution in [0.1, 0.15) is 20.8 Å². The van der Waals surface area contributed by atoms with Crippen molar-refractivity contribution >= 4 is 5.78 Å². The van der Waals surface area contributed by atoms with Gasteiger partial charge >= 0.3 is 0 Å². The highest BCUT2D eigenvalue weighted by Crippen LogP contribution is 2.26. The van der Waals surface area contributed by atoms with Crippen molar-refractivity contribution in [3.05, 3.63) is 24.0 Å². The molecule has 0 N–H and O–H groups in total. The lowest BCUT2D eigenvalue weighted by molar-refractivity contribution is -0.120.